The number of nitrogens with two attached hydrogens (primary N) is 1. The van der Waals surface area contributed by atoms with Gasteiger partial charge in [0.1, 0.15) is 5.82 Å². The maximum Gasteiger partial charge on any atom is 0.232 e. The summed E-state index contributed by atoms with van der Waals surface area (Å²) in [7, 11) is 0. The minimum atomic E-state index is 0.117. The van der Waals surface area contributed by atoms with E-state index in [9.17, 15) is 0 Å². The topological polar surface area (TPSA) is 76.7 Å². The van der Waals surface area contributed by atoms with Gasteiger partial charge in [0.2, 0.25) is 11.9 Å². The average molecular weight is 337 g/mol. The number of rotatable bonds is 6. The summed E-state index contributed by atoms with van der Waals surface area (Å²) in [6, 6.07) is 20.1. The Labute approximate surface area is 145 Å². The quantitative estimate of drug-likeness (QED) is 0.702. The monoisotopic (exact) mass is 337 g/mol. The van der Waals surface area contributed by atoms with Gasteiger partial charge in [-0.15, -0.1) is 11.8 Å². The van der Waals surface area contributed by atoms with Gasteiger partial charge in [-0.05, 0) is 24.6 Å². The molecule has 0 radical (unpaired) electrons. The molecule has 0 aliphatic carbocycles. The van der Waals surface area contributed by atoms with Crippen LogP contribution in [0.3, 0.4) is 0 Å². The molecule has 1 aromatic heterocycles. The highest BCUT2D eigenvalue weighted by molar-refractivity contribution is 7.98. The molecule has 0 spiro atoms. The first-order chi connectivity index (χ1) is 11.7. The zero-order chi connectivity index (χ0) is 16.8. The second-order valence-electron chi connectivity index (χ2n) is 5.31. The molecular weight excluding hydrogens is 318 g/mol. The third-order valence-electron chi connectivity index (χ3n) is 3.41. The Hall–Kier alpha value is -2.60. The highest BCUT2D eigenvalue weighted by atomic mass is 32.2. The molecule has 0 aliphatic heterocycles. The lowest BCUT2D eigenvalue weighted by molar-refractivity contribution is 0.896. The van der Waals surface area contributed by atoms with Gasteiger partial charge in [0.15, 0.2) is 0 Å². The third-order valence-corrected chi connectivity index (χ3v) is 4.62. The van der Waals surface area contributed by atoms with Crippen molar-refractivity contribution in [2.45, 2.75) is 17.9 Å². The molecule has 0 amide bonds. The van der Waals surface area contributed by atoms with Crippen molar-refractivity contribution in [3.8, 4) is 0 Å². The molecule has 0 fully saturated rings. The first-order valence-corrected chi connectivity index (χ1v) is 8.74. The number of nitrogens with one attached hydrogen (secondary N) is 1. The van der Waals surface area contributed by atoms with Crippen molar-refractivity contribution < 1.29 is 0 Å². The van der Waals surface area contributed by atoms with Gasteiger partial charge in [0.05, 0.1) is 5.25 Å². The average Bonchev–Trinajstić information content (AvgIpc) is 2.61. The van der Waals surface area contributed by atoms with Crippen LogP contribution in [0, 0.1) is 0 Å². The fourth-order valence-electron chi connectivity index (χ4n) is 2.17. The molecule has 122 valence electrons. The normalized spacial score (nSPS) is 11.9. The van der Waals surface area contributed by atoms with Crippen LogP contribution in [-0.2, 0) is 5.75 Å². The van der Waals surface area contributed by atoms with E-state index < -0.39 is 0 Å². The second kappa shape index (κ2) is 7.79. The first kappa shape index (κ1) is 16.3. The van der Waals surface area contributed by atoms with Crippen LogP contribution in [0.4, 0.5) is 17.6 Å². The van der Waals surface area contributed by atoms with E-state index >= 15 is 0 Å². The minimum absolute atomic E-state index is 0.117. The van der Waals surface area contributed by atoms with Crippen molar-refractivity contribution in [2.24, 2.45) is 0 Å². The summed E-state index contributed by atoms with van der Waals surface area (Å²) in [4.78, 5) is 13.0. The molecule has 6 heteroatoms. The summed E-state index contributed by atoms with van der Waals surface area (Å²) < 4.78 is 0. The number of anilines is 3. The summed E-state index contributed by atoms with van der Waals surface area (Å²) in [5.74, 6) is 2.28. The standard InChI is InChI=1S/C18H19N5S/c1-13(24-12-14-8-4-2-5-9-14)16-21-17(19)23-18(22-16)20-15-10-6-3-7-11-15/h2-11,13H,12H2,1H3,(H3,19,20,21,22,23)/t13-/m0/s1. The van der Waals surface area contributed by atoms with Crippen LogP contribution in [-0.4, -0.2) is 15.0 Å². The van der Waals surface area contributed by atoms with Crippen LogP contribution < -0.4 is 11.1 Å². The van der Waals surface area contributed by atoms with Gasteiger partial charge in [-0.3, -0.25) is 0 Å². The number of benzene rings is 2. The third kappa shape index (κ3) is 4.45. The molecule has 0 saturated heterocycles. The highest BCUT2D eigenvalue weighted by Gasteiger charge is 2.13. The van der Waals surface area contributed by atoms with Gasteiger partial charge in [-0.2, -0.15) is 15.0 Å². The van der Waals surface area contributed by atoms with Gasteiger partial charge < -0.3 is 11.1 Å². The molecule has 3 N–H and O–H groups in total. The van der Waals surface area contributed by atoms with Crippen LogP contribution in [0.5, 0.6) is 0 Å². The lowest BCUT2D eigenvalue weighted by atomic mass is 10.2. The van der Waals surface area contributed by atoms with Crippen LogP contribution in [0.2, 0.25) is 0 Å². The van der Waals surface area contributed by atoms with Crippen LogP contribution in [0.1, 0.15) is 23.6 Å². The van der Waals surface area contributed by atoms with Gasteiger partial charge in [0, 0.05) is 11.4 Å². The maximum atomic E-state index is 5.85. The Kier molecular flexibility index (Phi) is 5.28. The van der Waals surface area contributed by atoms with Gasteiger partial charge in [-0.25, -0.2) is 0 Å². The van der Waals surface area contributed by atoms with Crippen molar-refractivity contribution in [3.63, 3.8) is 0 Å². The lowest BCUT2D eigenvalue weighted by Gasteiger charge is -2.12. The molecule has 0 aliphatic rings. The summed E-state index contributed by atoms with van der Waals surface area (Å²) in [5, 5.41) is 3.28. The van der Waals surface area contributed by atoms with E-state index in [1.807, 2.05) is 48.5 Å². The van der Waals surface area contributed by atoms with E-state index in [0.717, 1.165) is 11.4 Å². The van der Waals surface area contributed by atoms with Crippen LogP contribution in [0.15, 0.2) is 60.7 Å². The Morgan fingerprint density at radius 2 is 1.62 bits per heavy atom. The van der Waals surface area contributed by atoms with E-state index in [1.54, 1.807) is 11.8 Å². The number of hydrogen-bond donors (Lipinski definition) is 2. The molecule has 24 heavy (non-hydrogen) atoms. The van der Waals surface area contributed by atoms with Crippen LogP contribution in [0.25, 0.3) is 0 Å². The van der Waals surface area contributed by atoms with E-state index in [4.69, 9.17) is 5.73 Å². The fraction of sp³-hybridized carbons (Fsp3) is 0.167. The largest absolute Gasteiger partial charge is 0.368 e. The second-order valence-corrected chi connectivity index (χ2v) is 6.63. The molecule has 3 rings (SSSR count). The molecule has 0 bridgehead atoms. The SMILES string of the molecule is C[C@H](SCc1ccccc1)c1nc(N)nc(Nc2ccccc2)n1. The number of nitrogens with zero attached hydrogens (tertiary/aromatic N) is 3. The Morgan fingerprint density at radius 3 is 2.33 bits per heavy atom. The number of nitrogen functional groups attached to an aromatic ring is 1. The molecule has 0 saturated carbocycles. The summed E-state index contributed by atoms with van der Waals surface area (Å²) in [5.41, 5.74) is 8.04. The van der Waals surface area contributed by atoms with Crippen LogP contribution >= 0.6 is 11.8 Å². The lowest BCUT2D eigenvalue weighted by Crippen LogP contribution is -2.08. The van der Waals surface area contributed by atoms with Crippen molar-refractivity contribution in [1.29, 1.82) is 0 Å². The predicted molar refractivity (Wildman–Crippen MR) is 100 cm³/mol. The molecule has 1 atom stereocenters. The van der Waals surface area contributed by atoms with Gasteiger partial charge >= 0.3 is 0 Å². The minimum Gasteiger partial charge on any atom is -0.368 e. The Bertz CT molecular complexity index is 780. The first-order valence-electron chi connectivity index (χ1n) is 7.70. The highest BCUT2D eigenvalue weighted by Crippen LogP contribution is 2.29. The smallest absolute Gasteiger partial charge is 0.232 e. The number of para-hydroxylation sites is 1. The summed E-state index contributed by atoms with van der Waals surface area (Å²) in [6.07, 6.45) is 0. The summed E-state index contributed by atoms with van der Waals surface area (Å²) in [6.45, 7) is 2.08. The zero-order valence-electron chi connectivity index (χ0n) is 13.4. The Balaban J connectivity index is 1.70. The zero-order valence-corrected chi connectivity index (χ0v) is 14.2. The van der Waals surface area contributed by atoms with Crippen molar-refractivity contribution in [1.82, 2.24) is 15.0 Å². The van der Waals surface area contributed by atoms with Gasteiger partial charge in [0.25, 0.3) is 0 Å². The molecule has 5 nitrogen and oxygen atoms in total. The molecule has 1 heterocycles. The number of aromatic nitrogens is 3. The van der Waals surface area contributed by atoms with E-state index in [2.05, 4.69) is 39.3 Å². The molecular formula is C18H19N5S. The van der Waals surface area contributed by atoms with E-state index in [1.165, 1.54) is 5.56 Å². The maximum absolute atomic E-state index is 5.85. The molecule has 0 unspecified atom stereocenters. The van der Waals surface area contributed by atoms with Crippen molar-refractivity contribution in [3.05, 3.63) is 72.1 Å². The fourth-order valence-corrected chi connectivity index (χ4v) is 3.06. The number of hydrogen-bond acceptors (Lipinski definition) is 6. The van der Waals surface area contributed by atoms with E-state index in [0.29, 0.717) is 11.8 Å². The molecule has 3 aromatic rings. The van der Waals surface area contributed by atoms with Crippen molar-refractivity contribution >= 4 is 29.3 Å². The van der Waals surface area contributed by atoms with Crippen molar-refractivity contribution in [2.75, 3.05) is 11.1 Å². The molecule has 2 aromatic carbocycles. The Morgan fingerprint density at radius 1 is 0.958 bits per heavy atom. The van der Waals surface area contributed by atoms with E-state index in [-0.39, 0.29) is 11.2 Å². The predicted octanol–water partition coefficient (Wildman–Crippen LogP) is 4.19. The number of thioether (sulfide) groups is 1. The summed E-state index contributed by atoms with van der Waals surface area (Å²) >= 11 is 1.77. The van der Waals surface area contributed by atoms with Gasteiger partial charge in [-0.1, -0.05) is 48.5 Å².